The van der Waals surface area contributed by atoms with Gasteiger partial charge in [0, 0.05) is 22.9 Å². The SMILES string of the molecule is N[C@@H](Cc1cccc(CSc2nc3ccc(Cl)cc3s2)n1)C(=O)O. The lowest BCUT2D eigenvalue weighted by atomic mass is 10.1. The lowest BCUT2D eigenvalue weighted by Gasteiger charge is -2.07. The number of rotatable bonds is 6. The third-order valence-electron chi connectivity index (χ3n) is 3.29. The Labute approximate surface area is 151 Å². The van der Waals surface area contributed by atoms with E-state index < -0.39 is 12.0 Å². The van der Waals surface area contributed by atoms with E-state index in [-0.39, 0.29) is 6.42 Å². The van der Waals surface area contributed by atoms with Crippen LogP contribution < -0.4 is 5.73 Å². The van der Waals surface area contributed by atoms with Crippen molar-refractivity contribution in [2.45, 2.75) is 22.6 Å². The van der Waals surface area contributed by atoms with Gasteiger partial charge in [0.05, 0.1) is 15.9 Å². The summed E-state index contributed by atoms with van der Waals surface area (Å²) in [7, 11) is 0. The first-order valence-corrected chi connectivity index (χ1v) is 9.31. The molecule has 0 aliphatic heterocycles. The topological polar surface area (TPSA) is 89.1 Å². The van der Waals surface area contributed by atoms with Crippen molar-refractivity contribution in [2.24, 2.45) is 5.73 Å². The van der Waals surface area contributed by atoms with Crippen LogP contribution in [-0.4, -0.2) is 27.1 Å². The number of thioether (sulfide) groups is 1. The number of thiazole rings is 1. The molecule has 3 N–H and O–H groups in total. The van der Waals surface area contributed by atoms with Crippen molar-refractivity contribution in [2.75, 3.05) is 0 Å². The third-order valence-corrected chi connectivity index (χ3v) is 5.71. The molecule has 0 unspecified atom stereocenters. The zero-order chi connectivity index (χ0) is 17.1. The number of benzene rings is 1. The number of carbonyl (C=O) groups is 1. The van der Waals surface area contributed by atoms with Crippen molar-refractivity contribution < 1.29 is 9.90 Å². The van der Waals surface area contributed by atoms with Gasteiger partial charge in [-0.3, -0.25) is 9.78 Å². The van der Waals surface area contributed by atoms with Gasteiger partial charge in [0.25, 0.3) is 0 Å². The number of hydrogen-bond acceptors (Lipinski definition) is 6. The van der Waals surface area contributed by atoms with Crippen LogP contribution in [0.15, 0.2) is 40.7 Å². The van der Waals surface area contributed by atoms with Crippen LogP contribution in [0.1, 0.15) is 11.4 Å². The Balaban J connectivity index is 1.68. The summed E-state index contributed by atoms with van der Waals surface area (Å²) in [5, 5.41) is 9.58. The molecule has 1 atom stereocenters. The fourth-order valence-electron chi connectivity index (χ4n) is 2.11. The smallest absolute Gasteiger partial charge is 0.320 e. The Morgan fingerprint density at radius 1 is 1.29 bits per heavy atom. The number of aliphatic carboxylic acids is 1. The van der Waals surface area contributed by atoms with Gasteiger partial charge in [0.1, 0.15) is 6.04 Å². The minimum absolute atomic E-state index is 0.216. The zero-order valence-corrected chi connectivity index (χ0v) is 14.9. The Bertz CT molecular complexity index is 885. The number of carboxylic acid groups (broad SMARTS) is 1. The fraction of sp³-hybridized carbons (Fsp3) is 0.188. The molecule has 3 rings (SSSR count). The number of nitrogens with zero attached hydrogens (tertiary/aromatic N) is 2. The number of pyridine rings is 1. The van der Waals surface area contributed by atoms with E-state index in [4.69, 9.17) is 22.4 Å². The second kappa shape index (κ2) is 7.48. The van der Waals surface area contributed by atoms with Gasteiger partial charge in [-0.25, -0.2) is 4.98 Å². The molecule has 8 heteroatoms. The number of halogens is 1. The zero-order valence-electron chi connectivity index (χ0n) is 12.5. The summed E-state index contributed by atoms with van der Waals surface area (Å²) in [6.45, 7) is 0. The summed E-state index contributed by atoms with van der Waals surface area (Å²) in [5.41, 5.74) is 8.03. The summed E-state index contributed by atoms with van der Waals surface area (Å²) in [5.74, 6) is -0.367. The standard InChI is InChI=1S/C16H14ClN3O2S2/c17-9-4-5-13-14(6-9)24-16(20-13)23-8-11-3-1-2-10(19-11)7-12(18)15(21)22/h1-6,12H,7-8,18H2,(H,21,22)/t12-/m0/s1. The maximum Gasteiger partial charge on any atom is 0.320 e. The van der Waals surface area contributed by atoms with Gasteiger partial charge in [0.15, 0.2) is 4.34 Å². The van der Waals surface area contributed by atoms with Crippen LogP contribution in [0.3, 0.4) is 0 Å². The molecule has 0 amide bonds. The van der Waals surface area contributed by atoms with E-state index in [1.165, 1.54) is 0 Å². The average molecular weight is 380 g/mol. The van der Waals surface area contributed by atoms with Gasteiger partial charge in [-0.05, 0) is 30.3 Å². The normalized spacial score (nSPS) is 12.4. The first-order chi connectivity index (χ1) is 11.5. The van der Waals surface area contributed by atoms with Crippen LogP contribution in [0.25, 0.3) is 10.2 Å². The molecule has 2 aromatic heterocycles. The molecule has 1 aromatic carbocycles. The lowest BCUT2D eigenvalue weighted by Crippen LogP contribution is -2.32. The predicted octanol–water partition coefficient (Wildman–Crippen LogP) is 3.59. The van der Waals surface area contributed by atoms with E-state index in [1.54, 1.807) is 29.2 Å². The van der Waals surface area contributed by atoms with Crippen LogP contribution in [0.4, 0.5) is 0 Å². The van der Waals surface area contributed by atoms with E-state index >= 15 is 0 Å². The van der Waals surface area contributed by atoms with Crippen LogP contribution >= 0.6 is 34.7 Å². The van der Waals surface area contributed by atoms with Gasteiger partial charge in [-0.1, -0.05) is 29.4 Å². The number of aromatic nitrogens is 2. The monoisotopic (exact) mass is 379 g/mol. The van der Waals surface area contributed by atoms with Crippen molar-refractivity contribution >= 4 is 50.9 Å². The molecular formula is C16H14ClN3O2S2. The molecule has 124 valence electrons. The van der Waals surface area contributed by atoms with Crippen molar-refractivity contribution in [3.8, 4) is 0 Å². The summed E-state index contributed by atoms with van der Waals surface area (Å²) in [6.07, 6.45) is 0.216. The van der Waals surface area contributed by atoms with E-state index in [0.29, 0.717) is 16.5 Å². The van der Waals surface area contributed by atoms with Gasteiger partial charge in [0.2, 0.25) is 0 Å². The Kier molecular flexibility index (Phi) is 5.35. The quantitative estimate of drug-likeness (QED) is 0.636. The third kappa shape index (κ3) is 4.24. The Morgan fingerprint density at radius 2 is 2.08 bits per heavy atom. The van der Waals surface area contributed by atoms with Crippen molar-refractivity contribution in [1.29, 1.82) is 0 Å². The Morgan fingerprint density at radius 3 is 2.88 bits per heavy atom. The predicted molar refractivity (Wildman–Crippen MR) is 97.7 cm³/mol. The highest BCUT2D eigenvalue weighted by molar-refractivity contribution is 8.00. The summed E-state index contributed by atoms with van der Waals surface area (Å²) in [4.78, 5) is 19.9. The van der Waals surface area contributed by atoms with Gasteiger partial charge in [-0.15, -0.1) is 11.3 Å². The minimum atomic E-state index is -1.02. The van der Waals surface area contributed by atoms with E-state index in [0.717, 1.165) is 20.3 Å². The molecule has 3 aromatic rings. The first kappa shape index (κ1) is 17.2. The van der Waals surface area contributed by atoms with Crippen LogP contribution in [0, 0.1) is 0 Å². The van der Waals surface area contributed by atoms with Crippen molar-refractivity contribution in [3.05, 3.63) is 52.8 Å². The average Bonchev–Trinajstić information content (AvgIpc) is 2.95. The van der Waals surface area contributed by atoms with E-state index in [9.17, 15) is 4.79 Å². The van der Waals surface area contributed by atoms with Crippen LogP contribution in [0.2, 0.25) is 5.02 Å². The molecule has 0 aliphatic rings. The van der Waals surface area contributed by atoms with Crippen molar-refractivity contribution in [3.63, 3.8) is 0 Å². The summed E-state index contributed by atoms with van der Waals surface area (Å²) in [6, 6.07) is 10.3. The highest BCUT2D eigenvalue weighted by Gasteiger charge is 2.13. The summed E-state index contributed by atoms with van der Waals surface area (Å²) < 4.78 is 2.00. The molecule has 0 bridgehead atoms. The van der Waals surface area contributed by atoms with Crippen molar-refractivity contribution in [1.82, 2.24) is 9.97 Å². The second-order valence-corrected chi connectivity index (χ2v) is 7.84. The highest BCUT2D eigenvalue weighted by Crippen LogP contribution is 2.32. The molecule has 0 radical (unpaired) electrons. The van der Waals surface area contributed by atoms with Crippen LogP contribution in [-0.2, 0) is 17.0 Å². The summed E-state index contributed by atoms with van der Waals surface area (Å²) >= 11 is 9.18. The first-order valence-electron chi connectivity index (χ1n) is 7.13. The van der Waals surface area contributed by atoms with Gasteiger partial charge in [-0.2, -0.15) is 0 Å². The fourth-order valence-corrected chi connectivity index (χ4v) is 4.36. The Hall–Kier alpha value is -1.67. The van der Waals surface area contributed by atoms with Crippen LogP contribution in [0.5, 0.6) is 0 Å². The maximum absolute atomic E-state index is 10.8. The molecule has 0 saturated carbocycles. The second-order valence-electron chi connectivity index (χ2n) is 5.15. The van der Waals surface area contributed by atoms with E-state index in [2.05, 4.69) is 9.97 Å². The van der Waals surface area contributed by atoms with Gasteiger partial charge < -0.3 is 10.8 Å². The highest BCUT2D eigenvalue weighted by atomic mass is 35.5. The van der Waals surface area contributed by atoms with Gasteiger partial charge >= 0.3 is 5.97 Å². The molecule has 0 fully saturated rings. The lowest BCUT2D eigenvalue weighted by molar-refractivity contribution is -0.138. The number of carboxylic acids is 1. The molecule has 5 nitrogen and oxygen atoms in total. The molecule has 0 aliphatic carbocycles. The molecule has 0 spiro atoms. The molecule has 2 heterocycles. The largest absolute Gasteiger partial charge is 0.480 e. The molecular weight excluding hydrogens is 366 g/mol. The molecule has 24 heavy (non-hydrogen) atoms. The number of nitrogens with two attached hydrogens (primary N) is 1. The number of hydrogen-bond donors (Lipinski definition) is 2. The van der Waals surface area contributed by atoms with E-state index in [1.807, 2.05) is 30.3 Å². The maximum atomic E-state index is 10.8. The minimum Gasteiger partial charge on any atom is -0.480 e. The number of fused-ring (bicyclic) bond motifs is 1. The molecule has 0 saturated heterocycles.